The number of nitrogens with one attached hydrogen (secondary N) is 2. The summed E-state index contributed by atoms with van der Waals surface area (Å²) >= 11 is 5.50. The lowest BCUT2D eigenvalue weighted by atomic mass is 10.1. The molecular formula is C18H22N2S. The van der Waals surface area contributed by atoms with Crippen LogP contribution in [0.15, 0.2) is 42.5 Å². The Hall–Kier alpha value is -1.61. The number of benzene rings is 2. The SMILES string of the molecule is S=C(Nc1cccc2ccccc12)NC1CCCCCC1. The minimum absolute atomic E-state index is 0.530. The van der Waals surface area contributed by atoms with E-state index in [2.05, 4.69) is 53.1 Å². The van der Waals surface area contributed by atoms with Crippen molar-refractivity contribution in [3.8, 4) is 0 Å². The summed E-state index contributed by atoms with van der Waals surface area (Å²) in [5.41, 5.74) is 1.08. The Bertz CT molecular complexity index is 610. The van der Waals surface area contributed by atoms with Gasteiger partial charge in [0.25, 0.3) is 0 Å². The van der Waals surface area contributed by atoms with Crippen molar-refractivity contribution in [3.63, 3.8) is 0 Å². The van der Waals surface area contributed by atoms with Crippen molar-refractivity contribution in [1.29, 1.82) is 0 Å². The van der Waals surface area contributed by atoms with Gasteiger partial charge in [0.1, 0.15) is 0 Å². The molecule has 3 rings (SSSR count). The molecule has 1 saturated carbocycles. The molecule has 1 aliphatic carbocycles. The summed E-state index contributed by atoms with van der Waals surface area (Å²) in [7, 11) is 0. The smallest absolute Gasteiger partial charge is 0.171 e. The lowest BCUT2D eigenvalue weighted by Gasteiger charge is -2.19. The van der Waals surface area contributed by atoms with Gasteiger partial charge < -0.3 is 10.6 Å². The van der Waals surface area contributed by atoms with Crippen LogP contribution in [0.2, 0.25) is 0 Å². The predicted molar refractivity (Wildman–Crippen MR) is 94.8 cm³/mol. The maximum Gasteiger partial charge on any atom is 0.171 e. The van der Waals surface area contributed by atoms with Gasteiger partial charge in [-0.2, -0.15) is 0 Å². The van der Waals surface area contributed by atoms with Crippen molar-refractivity contribution >= 4 is 33.8 Å². The molecular weight excluding hydrogens is 276 g/mol. The third-order valence-corrected chi connectivity index (χ3v) is 4.45. The first kappa shape index (κ1) is 14.3. The normalized spacial score (nSPS) is 16.4. The van der Waals surface area contributed by atoms with Crippen molar-refractivity contribution in [2.45, 2.75) is 44.6 Å². The van der Waals surface area contributed by atoms with E-state index >= 15 is 0 Å². The first-order valence-corrected chi connectivity index (χ1v) is 8.29. The molecule has 1 aliphatic rings. The molecule has 2 nitrogen and oxygen atoms in total. The van der Waals surface area contributed by atoms with E-state index in [4.69, 9.17) is 12.2 Å². The van der Waals surface area contributed by atoms with Crippen LogP contribution in [0.5, 0.6) is 0 Å². The minimum atomic E-state index is 0.530. The number of hydrogen-bond acceptors (Lipinski definition) is 1. The lowest BCUT2D eigenvalue weighted by Crippen LogP contribution is -2.37. The van der Waals surface area contributed by atoms with Gasteiger partial charge in [0.05, 0.1) is 0 Å². The van der Waals surface area contributed by atoms with Crippen molar-refractivity contribution in [1.82, 2.24) is 5.32 Å². The van der Waals surface area contributed by atoms with Gasteiger partial charge in [-0.05, 0) is 36.5 Å². The van der Waals surface area contributed by atoms with Crippen LogP contribution in [0.4, 0.5) is 5.69 Å². The second-order valence-corrected chi connectivity index (χ2v) is 6.22. The van der Waals surface area contributed by atoms with Crippen LogP contribution in [0.3, 0.4) is 0 Å². The predicted octanol–water partition coefficient (Wildman–Crippen LogP) is 4.85. The van der Waals surface area contributed by atoms with Crippen LogP contribution in [0.25, 0.3) is 10.8 Å². The molecule has 21 heavy (non-hydrogen) atoms. The fourth-order valence-electron chi connectivity index (χ4n) is 3.10. The van der Waals surface area contributed by atoms with Gasteiger partial charge in [-0.3, -0.25) is 0 Å². The molecule has 0 amide bonds. The van der Waals surface area contributed by atoms with Crippen molar-refractivity contribution in [2.24, 2.45) is 0 Å². The summed E-state index contributed by atoms with van der Waals surface area (Å²) < 4.78 is 0. The highest BCUT2D eigenvalue weighted by molar-refractivity contribution is 7.80. The van der Waals surface area contributed by atoms with E-state index < -0.39 is 0 Å². The molecule has 1 fully saturated rings. The van der Waals surface area contributed by atoms with Gasteiger partial charge in [-0.15, -0.1) is 0 Å². The number of anilines is 1. The second-order valence-electron chi connectivity index (χ2n) is 5.81. The van der Waals surface area contributed by atoms with Crippen LogP contribution < -0.4 is 10.6 Å². The average Bonchev–Trinajstić information content (AvgIpc) is 2.76. The Morgan fingerprint density at radius 3 is 2.43 bits per heavy atom. The molecule has 110 valence electrons. The molecule has 3 heteroatoms. The van der Waals surface area contributed by atoms with E-state index in [-0.39, 0.29) is 0 Å². The zero-order valence-electron chi connectivity index (χ0n) is 12.3. The molecule has 2 aromatic rings. The van der Waals surface area contributed by atoms with E-state index in [1.165, 1.54) is 49.3 Å². The summed E-state index contributed by atoms with van der Waals surface area (Å²) in [6.07, 6.45) is 7.82. The second kappa shape index (κ2) is 6.90. The molecule has 0 saturated heterocycles. The van der Waals surface area contributed by atoms with Crippen LogP contribution >= 0.6 is 12.2 Å². The minimum Gasteiger partial charge on any atom is -0.360 e. The Morgan fingerprint density at radius 1 is 0.905 bits per heavy atom. The molecule has 2 N–H and O–H groups in total. The largest absolute Gasteiger partial charge is 0.360 e. The molecule has 0 atom stereocenters. The molecule has 0 spiro atoms. The average molecular weight is 298 g/mol. The van der Waals surface area contributed by atoms with Crippen LogP contribution in [0, 0.1) is 0 Å². The zero-order valence-corrected chi connectivity index (χ0v) is 13.1. The lowest BCUT2D eigenvalue weighted by molar-refractivity contribution is 0.535. The summed E-state index contributed by atoms with van der Waals surface area (Å²) in [6.45, 7) is 0. The summed E-state index contributed by atoms with van der Waals surface area (Å²) in [5.74, 6) is 0. The van der Waals surface area contributed by atoms with Gasteiger partial charge in [0, 0.05) is 17.1 Å². The number of thiocarbonyl (C=S) groups is 1. The van der Waals surface area contributed by atoms with Crippen molar-refractivity contribution in [3.05, 3.63) is 42.5 Å². The van der Waals surface area contributed by atoms with E-state index in [0.29, 0.717) is 6.04 Å². The highest BCUT2D eigenvalue weighted by atomic mass is 32.1. The Morgan fingerprint density at radius 2 is 1.62 bits per heavy atom. The Kier molecular flexibility index (Phi) is 4.71. The number of rotatable bonds is 2. The first-order chi connectivity index (χ1) is 10.3. The van der Waals surface area contributed by atoms with Crippen molar-refractivity contribution in [2.75, 3.05) is 5.32 Å². The molecule has 0 heterocycles. The van der Waals surface area contributed by atoms with Gasteiger partial charge in [-0.25, -0.2) is 0 Å². The first-order valence-electron chi connectivity index (χ1n) is 7.88. The third kappa shape index (κ3) is 3.73. The number of fused-ring (bicyclic) bond motifs is 1. The molecule has 0 bridgehead atoms. The fraction of sp³-hybridized carbons (Fsp3) is 0.389. The molecule has 2 aromatic carbocycles. The maximum absolute atomic E-state index is 5.50. The molecule has 0 aliphatic heterocycles. The standard InChI is InChI=1S/C18H22N2S/c21-18(19-15-10-3-1-2-4-11-15)20-17-13-7-9-14-8-5-6-12-16(14)17/h5-9,12-13,15H,1-4,10-11H2,(H2,19,20,21). The monoisotopic (exact) mass is 298 g/mol. The Balaban J connectivity index is 1.68. The van der Waals surface area contributed by atoms with Gasteiger partial charge in [-0.1, -0.05) is 62.1 Å². The molecule has 0 radical (unpaired) electrons. The highest BCUT2D eigenvalue weighted by Gasteiger charge is 2.13. The van der Waals surface area contributed by atoms with Crippen LogP contribution in [0.1, 0.15) is 38.5 Å². The van der Waals surface area contributed by atoms with E-state index in [1.807, 2.05) is 0 Å². The number of hydrogen-bond donors (Lipinski definition) is 2. The summed E-state index contributed by atoms with van der Waals surface area (Å²) in [4.78, 5) is 0. The quantitative estimate of drug-likeness (QED) is 0.612. The van der Waals surface area contributed by atoms with E-state index in [0.717, 1.165) is 10.8 Å². The fourth-order valence-corrected chi connectivity index (χ4v) is 3.38. The zero-order chi connectivity index (χ0) is 14.5. The maximum atomic E-state index is 5.50. The van der Waals surface area contributed by atoms with E-state index in [1.54, 1.807) is 0 Å². The van der Waals surface area contributed by atoms with E-state index in [9.17, 15) is 0 Å². The Labute approximate surface area is 131 Å². The van der Waals surface area contributed by atoms with Crippen LogP contribution in [-0.4, -0.2) is 11.2 Å². The van der Waals surface area contributed by atoms with Gasteiger partial charge >= 0.3 is 0 Å². The topological polar surface area (TPSA) is 24.1 Å². The molecule has 0 aromatic heterocycles. The summed E-state index contributed by atoms with van der Waals surface area (Å²) in [6, 6.07) is 15.2. The molecule has 0 unspecified atom stereocenters. The van der Waals surface area contributed by atoms with Gasteiger partial charge in [0.15, 0.2) is 5.11 Å². The van der Waals surface area contributed by atoms with Crippen molar-refractivity contribution < 1.29 is 0 Å². The summed E-state index contributed by atoms with van der Waals surface area (Å²) in [5, 5.41) is 10.1. The highest BCUT2D eigenvalue weighted by Crippen LogP contribution is 2.23. The van der Waals surface area contributed by atoms with Crippen LogP contribution in [-0.2, 0) is 0 Å². The van der Waals surface area contributed by atoms with Gasteiger partial charge in [0.2, 0.25) is 0 Å². The third-order valence-electron chi connectivity index (χ3n) is 4.23.